The van der Waals surface area contributed by atoms with Crippen molar-refractivity contribution >= 4 is 5.97 Å². The number of nitrogens with zero attached hydrogens (tertiary/aromatic N) is 3. The van der Waals surface area contributed by atoms with E-state index in [9.17, 15) is 4.79 Å². The number of hydrogen-bond donors (Lipinski definition) is 1. The van der Waals surface area contributed by atoms with E-state index in [0.29, 0.717) is 24.6 Å². The Hall–Kier alpha value is -2.24. The minimum absolute atomic E-state index is 0.172. The van der Waals surface area contributed by atoms with Crippen LogP contribution >= 0.6 is 0 Å². The van der Waals surface area contributed by atoms with Gasteiger partial charge in [-0.2, -0.15) is 0 Å². The quantitative estimate of drug-likeness (QED) is 0.784. The van der Waals surface area contributed by atoms with Crippen LogP contribution in [-0.4, -0.2) is 26.3 Å². The van der Waals surface area contributed by atoms with Crippen LogP contribution in [0, 0.1) is 0 Å². The van der Waals surface area contributed by atoms with E-state index in [1.54, 1.807) is 24.5 Å². The molecular weight excluding hydrogens is 234 g/mol. The minimum Gasteiger partial charge on any atom is -0.481 e. The number of unbranched alkanes of at least 4 members (excludes halogenated alkanes) is 1. The summed E-state index contributed by atoms with van der Waals surface area (Å²) in [6, 6.07) is 3.59. The zero-order valence-electron chi connectivity index (χ0n) is 9.74. The second-order valence-electron chi connectivity index (χ2n) is 3.84. The van der Waals surface area contributed by atoms with Crippen molar-refractivity contribution in [3.05, 3.63) is 30.4 Å². The van der Waals surface area contributed by atoms with E-state index in [1.807, 2.05) is 0 Å². The predicted octanol–water partition coefficient (Wildman–Crippen LogP) is 1.93. The number of aliphatic carboxylic acids is 1. The number of hydrogen-bond acceptors (Lipinski definition) is 5. The van der Waals surface area contributed by atoms with E-state index in [0.717, 1.165) is 12.0 Å². The van der Waals surface area contributed by atoms with Gasteiger partial charge < -0.3 is 9.52 Å². The Morgan fingerprint density at radius 1 is 1.22 bits per heavy atom. The monoisotopic (exact) mass is 247 g/mol. The third-order valence-electron chi connectivity index (χ3n) is 2.43. The van der Waals surface area contributed by atoms with Crippen molar-refractivity contribution in [2.24, 2.45) is 0 Å². The molecule has 2 aromatic rings. The van der Waals surface area contributed by atoms with Crippen LogP contribution in [0.2, 0.25) is 0 Å². The van der Waals surface area contributed by atoms with Gasteiger partial charge in [0.25, 0.3) is 0 Å². The molecule has 2 rings (SSSR count). The van der Waals surface area contributed by atoms with E-state index in [-0.39, 0.29) is 6.42 Å². The highest BCUT2D eigenvalue weighted by molar-refractivity contribution is 5.66. The van der Waals surface area contributed by atoms with Gasteiger partial charge in [0.1, 0.15) is 0 Å². The molecule has 0 amide bonds. The summed E-state index contributed by atoms with van der Waals surface area (Å²) in [5, 5.41) is 16.4. The van der Waals surface area contributed by atoms with Crippen LogP contribution in [0.15, 0.2) is 28.9 Å². The van der Waals surface area contributed by atoms with Crippen molar-refractivity contribution < 1.29 is 14.3 Å². The molecule has 2 heterocycles. The van der Waals surface area contributed by atoms with Gasteiger partial charge >= 0.3 is 5.97 Å². The van der Waals surface area contributed by atoms with Gasteiger partial charge in [0.05, 0.1) is 0 Å². The largest absolute Gasteiger partial charge is 0.481 e. The number of aryl methyl sites for hydroxylation is 1. The second kappa shape index (κ2) is 5.90. The normalized spacial score (nSPS) is 10.4. The van der Waals surface area contributed by atoms with Gasteiger partial charge in [-0.3, -0.25) is 9.78 Å². The molecule has 0 aliphatic rings. The zero-order valence-corrected chi connectivity index (χ0v) is 9.74. The highest BCUT2D eigenvalue weighted by Gasteiger charge is 2.08. The number of carboxylic acid groups (broad SMARTS) is 1. The average molecular weight is 247 g/mol. The van der Waals surface area contributed by atoms with Crippen LogP contribution in [0.25, 0.3) is 11.5 Å². The van der Waals surface area contributed by atoms with Gasteiger partial charge in [-0.15, -0.1) is 10.2 Å². The molecule has 6 nitrogen and oxygen atoms in total. The standard InChI is InChI=1S/C12H13N3O3/c16-11(17)4-2-1-3-10-14-15-12(18-10)9-5-7-13-8-6-9/h5-8H,1-4H2,(H,16,17). The van der Waals surface area contributed by atoms with Crippen LogP contribution < -0.4 is 0 Å². The van der Waals surface area contributed by atoms with Crippen molar-refractivity contribution in [1.29, 1.82) is 0 Å². The number of carbonyl (C=O) groups is 1. The van der Waals surface area contributed by atoms with Gasteiger partial charge in [0.2, 0.25) is 11.8 Å². The lowest BCUT2D eigenvalue weighted by molar-refractivity contribution is -0.137. The number of aromatic nitrogens is 3. The Morgan fingerprint density at radius 3 is 2.72 bits per heavy atom. The summed E-state index contributed by atoms with van der Waals surface area (Å²) in [7, 11) is 0. The van der Waals surface area contributed by atoms with E-state index in [2.05, 4.69) is 15.2 Å². The predicted molar refractivity (Wildman–Crippen MR) is 62.7 cm³/mol. The summed E-state index contributed by atoms with van der Waals surface area (Å²) in [4.78, 5) is 14.3. The fraction of sp³-hybridized carbons (Fsp3) is 0.333. The fourth-order valence-corrected chi connectivity index (χ4v) is 1.52. The van der Waals surface area contributed by atoms with Crippen molar-refractivity contribution in [3.63, 3.8) is 0 Å². The molecule has 0 saturated heterocycles. The fourth-order valence-electron chi connectivity index (χ4n) is 1.52. The SMILES string of the molecule is O=C(O)CCCCc1nnc(-c2ccncc2)o1. The minimum atomic E-state index is -0.780. The zero-order chi connectivity index (χ0) is 12.8. The smallest absolute Gasteiger partial charge is 0.303 e. The molecule has 0 bridgehead atoms. The molecule has 94 valence electrons. The lowest BCUT2D eigenvalue weighted by Crippen LogP contribution is -1.95. The maximum absolute atomic E-state index is 10.3. The summed E-state index contributed by atoms with van der Waals surface area (Å²) in [6.07, 6.45) is 5.43. The van der Waals surface area contributed by atoms with Gasteiger partial charge in [0, 0.05) is 30.8 Å². The third kappa shape index (κ3) is 3.38. The first-order chi connectivity index (χ1) is 8.75. The first-order valence-electron chi connectivity index (χ1n) is 5.70. The molecule has 0 fully saturated rings. The van der Waals surface area contributed by atoms with E-state index < -0.39 is 5.97 Å². The Morgan fingerprint density at radius 2 is 2.00 bits per heavy atom. The van der Waals surface area contributed by atoms with Crippen LogP contribution in [0.3, 0.4) is 0 Å². The average Bonchev–Trinajstić information content (AvgIpc) is 2.84. The molecular formula is C12H13N3O3. The summed E-state index contributed by atoms with van der Waals surface area (Å²) in [5.41, 5.74) is 0.828. The van der Waals surface area contributed by atoms with Crippen LogP contribution in [0.4, 0.5) is 0 Å². The Balaban J connectivity index is 1.89. The van der Waals surface area contributed by atoms with Crippen molar-refractivity contribution in [2.75, 3.05) is 0 Å². The van der Waals surface area contributed by atoms with Gasteiger partial charge in [-0.1, -0.05) is 0 Å². The first kappa shape index (κ1) is 12.2. The van der Waals surface area contributed by atoms with Gasteiger partial charge in [0.15, 0.2) is 0 Å². The van der Waals surface area contributed by atoms with E-state index >= 15 is 0 Å². The van der Waals surface area contributed by atoms with Crippen molar-refractivity contribution in [2.45, 2.75) is 25.7 Å². The Labute approximate surface area is 104 Å². The second-order valence-corrected chi connectivity index (χ2v) is 3.84. The maximum atomic E-state index is 10.3. The topological polar surface area (TPSA) is 89.1 Å². The molecule has 0 atom stereocenters. The van der Waals surface area contributed by atoms with Crippen LogP contribution in [-0.2, 0) is 11.2 Å². The van der Waals surface area contributed by atoms with Gasteiger partial charge in [-0.25, -0.2) is 0 Å². The van der Waals surface area contributed by atoms with E-state index in [4.69, 9.17) is 9.52 Å². The maximum Gasteiger partial charge on any atom is 0.303 e. The lowest BCUT2D eigenvalue weighted by Gasteiger charge is -1.94. The molecule has 0 aromatic carbocycles. The summed E-state index contributed by atoms with van der Waals surface area (Å²) >= 11 is 0. The summed E-state index contributed by atoms with van der Waals surface area (Å²) in [6.45, 7) is 0. The van der Waals surface area contributed by atoms with Crippen molar-refractivity contribution in [1.82, 2.24) is 15.2 Å². The van der Waals surface area contributed by atoms with Crippen LogP contribution in [0.1, 0.15) is 25.2 Å². The van der Waals surface area contributed by atoms with E-state index in [1.165, 1.54) is 0 Å². The molecule has 0 spiro atoms. The molecule has 6 heteroatoms. The molecule has 0 radical (unpaired) electrons. The molecule has 1 N–H and O–H groups in total. The molecule has 0 aliphatic heterocycles. The molecule has 0 saturated carbocycles. The molecule has 18 heavy (non-hydrogen) atoms. The highest BCUT2D eigenvalue weighted by atomic mass is 16.4. The Bertz CT molecular complexity index is 510. The summed E-state index contributed by atoms with van der Waals surface area (Å²) < 4.78 is 5.48. The van der Waals surface area contributed by atoms with Crippen molar-refractivity contribution in [3.8, 4) is 11.5 Å². The molecule has 0 unspecified atom stereocenters. The number of rotatable bonds is 6. The number of carboxylic acids is 1. The molecule has 0 aliphatic carbocycles. The Kier molecular flexibility index (Phi) is 4.01. The summed E-state index contributed by atoms with van der Waals surface area (Å²) in [5.74, 6) is 0.218. The lowest BCUT2D eigenvalue weighted by atomic mass is 10.2. The first-order valence-corrected chi connectivity index (χ1v) is 5.70. The van der Waals surface area contributed by atoms with Crippen LogP contribution in [0.5, 0.6) is 0 Å². The van der Waals surface area contributed by atoms with Gasteiger partial charge in [-0.05, 0) is 25.0 Å². The molecule has 2 aromatic heterocycles. The highest BCUT2D eigenvalue weighted by Crippen LogP contribution is 2.17. The number of pyridine rings is 1. The third-order valence-corrected chi connectivity index (χ3v) is 2.43.